The summed E-state index contributed by atoms with van der Waals surface area (Å²) in [5.74, 6) is -0.605. The summed E-state index contributed by atoms with van der Waals surface area (Å²) in [6, 6.07) is 6.07. The Hall–Kier alpha value is -4.28. The topological polar surface area (TPSA) is 79.1 Å². The van der Waals surface area contributed by atoms with Crippen LogP contribution in [-0.2, 0) is 4.79 Å². The monoisotopic (exact) mass is 633 g/mol. The van der Waals surface area contributed by atoms with E-state index in [9.17, 15) is 13.6 Å². The highest BCUT2D eigenvalue weighted by atomic mass is 32.1. The molecule has 0 spiro atoms. The number of carbonyl (C=O) groups excluding carboxylic acids is 1. The molecule has 7 rings (SSSR count). The van der Waals surface area contributed by atoms with E-state index in [-0.39, 0.29) is 48.0 Å². The van der Waals surface area contributed by atoms with Crippen LogP contribution in [0.5, 0.6) is 6.01 Å². The lowest BCUT2D eigenvalue weighted by Crippen LogP contribution is -2.56. The molecular formula is C32H30F3N7O2S. The molecule has 13 heteroatoms. The fourth-order valence-corrected chi connectivity index (χ4v) is 7.93. The molecule has 0 aliphatic carbocycles. The minimum absolute atomic E-state index is 0.0189. The van der Waals surface area contributed by atoms with Gasteiger partial charge in [-0.05, 0) is 37.6 Å². The quantitative estimate of drug-likeness (QED) is 0.203. The zero-order valence-electron chi connectivity index (χ0n) is 24.4. The molecule has 3 fully saturated rings. The number of ether oxygens (including phenoxy) is 1. The Morgan fingerprint density at radius 2 is 2.09 bits per heavy atom. The Labute approximate surface area is 261 Å². The SMILES string of the molecule is [C-]#[N+]C[C@H]1CN(c2nc(OC[C@@]34CCCN3C[C@H](F)C4)nc3c(F)c(-c4cccc5sc(F)cc45)ncc23)CCN1C(=O)C=C. The third-order valence-electron chi connectivity index (χ3n) is 9.20. The van der Waals surface area contributed by atoms with E-state index >= 15 is 4.39 Å². The van der Waals surface area contributed by atoms with Gasteiger partial charge in [0.25, 0.3) is 0 Å². The normalized spacial score (nSPS) is 23.4. The van der Waals surface area contributed by atoms with Gasteiger partial charge in [-0.15, -0.1) is 11.3 Å². The zero-order chi connectivity index (χ0) is 31.3. The maximum Gasteiger partial charge on any atom is 0.319 e. The number of thiophene rings is 1. The van der Waals surface area contributed by atoms with Crippen molar-refractivity contribution in [3.8, 4) is 17.3 Å². The van der Waals surface area contributed by atoms with Crippen molar-refractivity contribution in [3.05, 3.63) is 65.5 Å². The molecular weight excluding hydrogens is 603 g/mol. The molecule has 1 aromatic carbocycles. The average molecular weight is 634 g/mol. The van der Waals surface area contributed by atoms with E-state index in [4.69, 9.17) is 16.3 Å². The summed E-state index contributed by atoms with van der Waals surface area (Å²) in [5.41, 5.74) is -0.0283. The fourth-order valence-electron chi connectivity index (χ4n) is 7.12. The van der Waals surface area contributed by atoms with Crippen LogP contribution in [-0.4, -0.2) is 94.3 Å². The molecule has 0 radical (unpaired) electrons. The van der Waals surface area contributed by atoms with E-state index in [0.29, 0.717) is 52.9 Å². The lowest BCUT2D eigenvalue weighted by molar-refractivity contribution is -0.128. The van der Waals surface area contributed by atoms with Crippen LogP contribution in [0.25, 0.3) is 37.1 Å². The third kappa shape index (κ3) is 5.15. The first-order chi connectivity index (χ1) is 21.8. The summed E-state index contributed by atoms with van der Waals surface area (Å²) >= 11 is 0.973. The molecule has 45 heavy (non-hydrogen) atoms. The molecule has 9 nitrogen and oxygen atoms in total. The molecule has 3 aliphatic heterocycles. The maximum atomic E-state index is 16.6. The number of amides is 1. The maximum absolute atomic E-state index is 16.6. The van der Waals surface area contributed by atoms with Crippen molar-refractivity contribution < 1.29 is 22.7 Å². The number of carbonyl (C=O) groups is 1. The van der Waals surface area contributed by atoms with Crippen molar-refractivity contribution in [1.29, 1.82) is 0 Å². The van der Waals surface area contributed by atoms with Crippen molar-refractivity contribution in [2.24, 2.45) is 0 Å². The number of anilines is 1. The average Bonchev–Trinajstić information content (AvgIpc) is 3.70. The van der Waals surface area contributed by atoms with Crippen molar-refractivity contribution in [2.45, 2.75) is 37.0 Å². The summed E-state index contributed by atoms with van der Waals surface area (Å²) in [5, 5.41) is 0.497. The van der Waals surface area contributed by atoms with Gasteiger partial charge in [0.1, 0.15) is 35.8 Å². The largest absolute Gasteiger partial charge is 0.461 e. The summed E-state index contributed by atoms with van der Waals surface area (Å²) in [6.07, 6.45) is 3.88. The third-order valence-corrected chi connectivity index (χ3v) is 10.1. The van der Waals surface area contributed by atoms with Crippen LogP contribution in [0.2, 0.25) is 0 Å². The second-order valence-corrected chi connectivity index (χ2v) is 12.9. The molecule has 0 N–H and O–H groups in total. The lowest BCUT2D eigenvalue weighted by Gasteiger charge is -2.39. The molecule has 1 amide bonds. The van der Waals surface area contributed by atoms with Gasteiger partial charge in [0.15, 0.2) is 10.9 Å². The number of nitrogens with zero attached hydrogens (tertiary/aromatic N) is 7. The summed E-state index contributed by atoms with van der Waals surface area (Å²) in [4.78, 5) is 35.4. The number of hydrogen-bond acceptors (Lipinski definition) is 8. The van der Waals surface area contributed by atoms with Gasteiger partial charge in [-0.3, -0.25) is 14.7 Å². The molecule has 0 saturated carbocycles. The Morgan fingerprint density at radius 1 is 1.22 bits per heavy atom. The molecule has 0 bridgehead atoms. The number of piperazine rings is 1. The van der Waals surface area contributed by atoms with Crippen LogP contribution in [0.4, 0.5) is 19.0 Å². The van der Waals surface area contributed by atoms with E-state index in [0.717, 1.165) is 30.7 Å². The van der Waals surface area contributed by atoms with Gasteiger partial charge in [-0.1, -0.05) is 18.7 Å². The second-order valence-electron chi connectivity index (χ2n) is 11.8. The number of fused-ring (bicyclic) bond motifs is 3. The smallest absolute Gasteiger partial charge is 0.319 e. The van der Waals surface area contributed by atoms with Crippen LogP contribution < -0.4 is 9.64 Å². The predicted octanol–water partition coefficient (Wildman–Crippen LogP) is 5.26. The molecule has 232 valence electrons. The van der Waals surface area contributed by atoms with E-state index in [1.165, 1.54) is 18.3 Å². The van der Waals surface area contributed by atoms with Crippen molar-refractivity contribution in [2.75, 3.05) is 50.8 Å². The van der Waals surface area contributed by atoms with Crippen LogP contribution in [0, 0.1) is 17.5 Å². The van der Waals surface area contributed by atoms with Crippen molar-refractivity contribution in [3.63, 3.8) is 0 Å². The summed E-state index contributed by atoms with van der Waals surface area (Å²) < 4.78 is 52.0. The van der Waals surface area contributed by atoms with E-state index in [1.807, 2.05) is 4.90 Å². The first-order valence-electron chi connectivity index (χ1n) is 14.9. The summed E-state index contributed by atoms with van der Waals surface area (Å²) in [7, 11) is 0. The van der Waals surface area contributed by atoms with Gasteiger partial charge in [0.2, 0.25) is 12.5 Å². The number of pyridine rings is 1. The molecule has 6 heterocycles. The van der Waals surface area contributed by atoms with Crippen LogP contribution in [0.3, 0.4) is 0 Å². The van der Waals surface area contributed by atoms with Crippen LogP contribution >= 0.6 is 11.3 Å². The van der Waals surface area contributed by atoms with Gasteiger partial charge in [-0.2, -0.15) is 14.4 Å². The molecule has 4 aromatic rings. The number of alkyl halides is 1. The van der Waals surface area contributed by atoms with Gasteiger partial charge < -0.3 is 19.4 Å². The van der Waals surface area contributed by atoms with Gasteiger partial charge in [-0.25, -0.2) is 15.4 Å². The molecule has 3 aromatic heterocycles. The molecule has 3 saturated heterocycles. The Balaban J connectivity index is 1.32. The van der Waals surface area contributed by atoms with Crippen molar-refractivity contribution in [1.82, 2.24) is 24.8 Å². The summed E-state index contributed by atoms with van der Waals surface area (Å²) in [6.45, 7) is 13.4. The van der Waals surface area contributed by atoms with Gasteiger partial charge in [0.05, 0.1) is 10.9 Å². The Kier molecular flexibility index (Phi) is 7.57. The molecule has 0 unspecified atom stereocenters. The highest BCUT2D eigenvalue weighted by Crippen LogP contribution is 2.41. The highest BCUT2D eigenvalue weighted by molar-refractivity contribution is 7.17. The number of halogens is 3. The Morgan fingerprint density at radius 3 is 2.91 bits per heavy atom. The number of aromatic nitrogens is 3. The van der Waals surface area contributed by atoms with E-state index < -0.39 is 23.6 Å². The molecule has 3 atom stereocenters. The fraction of sp³-hybridized carbons (Fsp3) is 0.406. The first-order valence-corrected chi connectivity index (χ1v) is 15.7. The Bertz CT molecular complexity index is 1860. The highest BCUT2D eigenvalue weighted by Gasteiger charge is 2.49. The van der Waals surface area contributed by atoms with Crippen LogP contribution in [0.15, 0.2) is 43.1 Å². The van der Waals surface area contributed by atoms with Crippen LogP contribution in [0.1, 0.15) is 19.3 Å². The van der Waals surface area contributed by atoms with Crippen molar-refractivity contribution >= 4 is 44.1 Å². The van der Waals surface area contributed by atoms with E-state index in [1.54, 1.807) is 23.1 Å². The van der Waals surface area contributed by atoms with Gasteiger partial charge in [0, 0.05) is 54.4 Å². The second kappa shape index (κ2) is 11.6. The van der Waals surface area contributed by atoms with E-state index in [2.05, 4.69) is 26.3 Å². The molecule has 3 aliphatic rings. The predicted molar refractivity (Wildman–Crippen MR) is 166 cm³/mol. The number of rotatable bonds is 7. The minimum Gasteiger partial charge on any atom is -0.461 e. The standard InChI is InChI=1S/C32H30F3N7O2S/c1-3-26(43)42-11-10-40(17-20(42)14-36-2)30-23-15-37-28(21-6-4-7-24-22(21)12-25(34)45-24)27(35)29(23)38-31(39-30)44-18-32-8-5-9-41(32)16-19(33)13-32/h3-4,6-7,12,15,19-20H,1,5,8-11,13-14,16-18H2/t19-,20+,32+/m1/s1. The lowest BCUT2D eigenvalue weighted by atomic mass is 9.95. The first kappa shape index (κ1) is 29.4. The zero-order valence-corrected chi connectivity index (χ0v) is 25.2. The minimum atomic E-state index is -0.938. The van der Waals surface area contributed by atoms with Gasteiger partial charge >= 0.3 is 6.01 Å². The number of hydrogen-bond donors (Lipinski definition) is 0. The number of benzene rings is 1.